The minimum absolute atomic E-state index is 0.000236. The molecule has 1 aromatic carbocycles. The molecule has 1 saturated carbocycles. The third kappa shape index (κ3) is 5.29. The average molecular weight is 450 g/mol. The molecule has 0 bridgehead atoms. The molecule has 0 radical (unpaired) electrons. The van der Waals surface area contributed by atoms with E-state index < -0.39 is 0 Å². The Morgan fingerprint density at radius 2 is 1.61 bits per heavy atom. The summed E-state index contributed by atoms with van der Waals surface area (Å²) in [6, 6.07) is 10.6. The fraction of sp³-hybridized carbons (Fsp3) is 0.577. The predicted molar refractivity (Wildman–Crippen MR) is 128 cm³/mol. The van der Waals surface area contributed by atoms with Crippen LogP contribution in [0.25, 0.3) is 0 Å². The third-order valence-electron chi connectivity index (χ3n) is 7.17. The van der Waals surface area contributed by atoms with E-state index in [4.69, 9.17) is 4.74 Å². The lowest BCUT2D eigenvalue weighted by atomic mass is 10.1. The second-order valence-electron chi connectivity index (χ2n) is 9.95. The molecular formula is C26H35N5O2. The maximum atomic E-state index is 13.1. The summed E-state index contributed by atoms with van der Waals surface area (Å²) in [5.41, 5.74) is 2.58. The molecule has 7 heteroatoms. The monoisotopic (exact) mass is 449 g/mol. The Morgan fingerprint density at radius 1 is 0.970 bits per heavy atom. The quantitative estimate of drug-likeness (QED) is 0.686. The van der Waals surface area contributed by atoms with Gasteiger partial charge in [-0.2, -0.15) is 0 Å². The van der Waals surface area contributed by atoms with E-state index in [1.165, 1.54) is 24.0 Å². The third-order valence-corrected chi connectivity index (χ3v) is 7.17. The van der Waals surface area contributed by atoms with Crippen molar-refractivity contribution in [2.75, 3.05) is 31.1 Å². The first-order valence-electron chi connectivity index (χ1n) is 12.4. The van der Waals surface area contributed by atoms with Crippen molar-refractivity contribution in [3.8, 4) is 0 Å². The highest BCUT2D eigenvalue weighted by molar-refractivity contribution is 5.69. The van der Waals surface area contributed by atoms with Gasteiger partial charge < -0.3 is 9.64 Å². The molecule has 0 unspecified atom stereocenters. The van der Waals surface area contributed by atoms with E-state index in [1.807, 2.05) is 17.3 Å². The molecule has 176 valence electrons. The van der Waals surface area contributed by atoms with Crippen molar-refractivity contribution in [2.45, 2.75) is 70.2 Å². The summed E-state index contributed by atoms with van der Waals surface area (Å²) in [5.74, 6) is 1.42. The van der Waals surface area contributed by atoms with Crippen molar-refractivity contribution in [2.24, 2.45) is 0 Å². The van der Waals surface area contributed by atoms with Crippen LogP contribution in [0.15, 0.2) is 42.7 Å². The van der Waals surface area contributed by atoms with Crippen molar-refractivity contribution < 1.29 is 9.53 Å². The van der Waals surface area contributed by atoms with Gasteiger partial charge >= 0.3 is 6.09 Å². The predicted octanol–water partition coefficient (Wildman–Crippen LogP) is 4.05. The number of hydrogen-bond donors (Lipinski definition) is 0. The Balaban J connectivity index is 1.11. The molecule has 3 fully saturated rings. The smallest absolute Gasteiger partial charge is 0.410 e. The minimum Gasteiger partial charge on any atom is -0.446 e. The molecular weight excluding hydrogens is 414 g/mol. The number of hydrogen-bond acceptors (Lipinski definition) is 6. The van der Waals surface area contributed by atoms with Crippen LogP contribution in [0.2, 0.25) is 0 Å². The van der Waals surface area contributed by atoms with Gasteiger partial charge in [-0.05, 0) is 56.6 Å². The van der Waals surface area contributed by atoms with E-state index in [-0.39, 0.29) is 24.3 Å². The number of carbonyl (C=O) groups is 1. The number of nitrogens with zero attached hydrogens (tertiary/aromatic N) is 5. The largest absolute Gasteiger partial charge is 0.446 e. The van der Waals surface area contributed by atoms with Crippen LogP contribution in [0, 0.1) is 0 Å². The van der Waals surface area contributed by atoms with E-state index in [0.717, 1.165) is 51.5 Å². The Bertz CT molecular complexity index is 913. The van der Waals surface area contributed by atoms with E-state index >= 15 is 0 Å². The SMILES string of the molecule is C[C@@H]1CN(c2ncc(C3CC3)cn2)C[C@H](C)N1C(=O)OC1CCN(Cc2ccccc2)CC1. The first-order valence-corrected chi connectivity index (χ1v) is 12.4. The normalized spacial score (nSPS) is 24.7. The van der Waals surface area contributed by atoms with Gasteiger partial charge in [-0.15, -0.1) is 0 Å². The molecule has 1 amide bonds. The molecule has 2 aromatic rings. The molecule has 3 heterocycles. The lowest BCUT2D eigenvalue weighted by molar-refractivity contribution is 0.00996. The molecule has 2 aliphatic heterocycles. The molecule has 0 spiro atoms. The van der Waals surface area contributed by atoms with Crippen molar-refractivity contribution in [1.29, 1.82) is 0 Å². The minimum atomic E-state index is -0.179. The van der Waals surface area contributed by atoms with Crippen molar-refractivity contribution in [3.05, 3.63) is 53.9 Å². The standard InChI is InChI=1S/C26H35N5O2/c1-19-16-30(25-27-14-23(15-28-25)22-8-9-22)17-20(2)31(19)26(32)33-24-10-12-29(13-11-24)18-21-6-4-3-5-7-21/h3-7,14-15,19-20,22,24H,8-13,16-18H2,1-2H3/t19-,20+. The van der Waals surface area contributed by atoms with Gasteiger partial charge in [0.15, 0.2) is 0 Å². The molecule has 1 aromatic heterocycles. The van der Waals surface area contributed by atoms with Crippen LogP contribution >= 0.6 is 0 Å². The van der Waals surface area contributed by atoms with Crippen molar-refractivity contribution >= 4 is 12.0 Å². The summed E-state index contributed by atoms with van der Waals surface area (Å²) in [6.07, 6.45) is 8.06. The summed E-state index contributed by atoms with van der Waals surface area (Å²) in [4.78, 5) is 28.8. The maximum Gasteiger partial charge on any atom is 0.410 e. The van der Waals surface area contributed by atoms with Crippen LogP contribution in [0.1, 0.15) is 56.6 Å². The Morgan fingerprint density at radius 3 is 2.21 bits per heavy atom. The second-order valence-corrected chi connectivity index (χ2v) is 9.95. The number of piperazine rings is 1. The highest BCUT2D eigenvalue weighted by atomic mass is 16.6. The van der Waals surface area contributed by atoms with Crippen LogP contribution in [0.4, 0.5) is 10.7 Å². The number of carbonyl (C=O) groups excluding carboxylic acids is 1. The lowest BCUT2D eigenvalue weighted by Crippen LogP contribution is -2.59. The Kier molecular flexibility index (Phi) is 6.49. The Hall–Kier alpha value is -2.67. The fourth-order valence-electron chi connectivity index (χ4n) is 5.20. The number of aromatic nitrogens is 2. The van der Waals surface area contributed by atoms with Crippen LogP contribution in [0.3, 0.4) is 0 Å². The van der Waals surface area contributed by atoms with Gasteiger partial charge in [-0.1, -0.05) is 30.3 Å². The average Bonchev–Trinajstić information content (AvgIpc) is 3.66. The van der Waals surface area contributed by atoms with Crippen molar-refractivity contribution in [1.82, 2.24) is 19.8 Å². The number of benzene rings is 1. The number of anilines is 1. The summed E-state index contributed by atoms with van der Waals surface area (Å²) < 4.78 is 5.97. The number of rotatable bonds is 5. The molecule has 7 nitrogen and oxygen atoms in total. The van der Waals surface area contributed by atoms with Gasteiger partial charge in [0.2, 0.25) is 5.95 Å². The van der Waals surface area contributed by atoms with Gasteiger partial charge in [0.05, 0.1) is 12.1 Å². The van der Waals surface area contributed by atoms with E-state index in [0.29, 0.717) is 5.92 Å². The van der Waals surface area contributed by atoms with E-state index in [1.54, 1.807) is 0 Å². The number of piperidine rings is 1. The number of likely N-dealkylation sites (tertiary alicyclic amines) is 1. The first-order chi connectivity index (χ1) is 16.1. The number of amides is 1. The van der Waals surface area contributed by atoms with Crippen LogP contribution in [0.5, 0.6) is 0 Å². The fourth-order valence-corrected chi connectivity index (χ4v) is 5.20. The molecule has 0 N–H and O–H groups in total. The summed E-state index contributed by atoms with van der Waals surface area (Å²) in [6.45, 7) is 8.49. The summed E-state index contributed by atoms with van der Waals surface area (Å²) in [7, 11) is 0. The van der Waals surface area contributed by atoms with Crippen LogP contribution < -0.4 is 4.90 Å². The molecule has 2 atom stereocenters. The Labute approximate surface area is 196 Å². The van der Waals surface area contributed by atoms with E-state index in [9.17, 15) is 4.79 Å². The molecule has 2 saturated heterocycles. The van der Waals surface area contributed by atoms with Crippen LogP contribution in [-0.4, -0.2) is 70.2 Å². The second kappa shape index (κ2) is 9.67. The van der Waals surface area contributed by atoms with Crippen molar-refractivity contribution in [3.63, 3.8) is 0 Å². The topological polar surface area (TPSA) is 61.8 Å². The zero-order valence-electron chi connectivity index (χ0n) is 19.8. The van der Waals surface area contributed by atoms with E-state index in [2.05, 4.69) is 63.9 Å². The zero-order chi connectivity index (χ0) is 22.8. The molecule has 5 rings (SSSR count). The zero-order valence-corrected chi connectivity index (χ0v) is 19.8. The first kappa shape index (κ1) is 22.1. The molecule has 33 heavy (non-hydrogen) atoms. The highest BCUT2D eigenvalue weighted by Gasteiger charge is 2.36. The van der Waals surface area contributed by atoms with Gasteiger partial charge in [0.25, 0.3) is 0 Å². The highest BCUT2D eigenvalue weighted by Crippen LogP contribution is 2.39. The molecule has 3 aliphatic rings. The van der Waals surface area contributed by atoms with Crippen LogP contribution in [-0.2, 0) is 11.3 Å². The van der Waals surface area contributed by atoms with Gasteiger partial charge in [0.1, 0.15) is 6.10 Å². The number of ether oxygens (including phenoxy) is 1. The lowest BCUT2D eigenvalue weighted by Gasteiger charge is -2.44. The summed E-state index contributed by atoms with van der Waals surface area (Å²) in [5, 5.41) is 0. The van der Waals surface area contributed by atoms with Gasteiger partial charge in [-0.3, -0.25) is 9.80 Å². The summed E-state index contributed by atoms with van der Waals surface area (Å²) >= 11 is 0. The maximum absolute atomic E-state index is 13.1. The van der Waals surface area contributed by atoms with Gasteiger partial charge in [-0.25, -0.2) is 14.8 Å². The molecule has 1 aliphatic carbocycles. The van der Waals surface area contributed by atoms with Gasteiger partial charge in [0, 0.05) is 45.1 Å².